The second kappa shape index (κ2) is 7.55. The second-order valence-electron chi connectivity index (χ2n) is 6.26. The fourth-order valence-electron chi connectivity index (χ4n) is 2.95. The molecule has 21 heavy (non-hydrogen) atoms. The van der Waals surface area contributed by atoms with Crippen LogP contribution < -0.4 is 15.4 Å². The van der Waals surface area contributed by atoms with Crippen molar-refractivity contribution in [3.8, 4) is 5.75 Å². The van der Waals surface area contributed by atoms with Gasteiger partial charge in [-0.05, 0) is 51.4 Å². The Labute approximate surface area is 128 Å². The molecule has 1 aliphatic rings. The Morgan fingerprint density at radius 1 is 1.29 bits per heavy atom. The van der Waals surface area contributed by atoms with Crippen LogP contribution in [0.25, 0.3) is 0 Å². The van der Waals surface area contributed by atoms with Crippen LogP contribution in [0, 0.1) is 5.92 Å². The van der Waals surface area contributed by atoms with Gasteiger partial charge in [-0.1, -0.05) is 6.92 Å². The van der Waals surface area contributed by atoms with Gasteiger partial charge < -0.3 is 20.3 Å². The minimum absolute atomic E-state index is 0.721. The van der Waals surface area contributed by atoms with E-state index in [2.05, 4.69) is 43.0 Å². The summed E-state index contributed by atoms with van der Waals surface area (Å²) in [5.74, 6) is 1.64. The average molecular weight is 291 g/mol. The number of benzene rings is 1. The average Bonchev–Trinajstić information content (AvgIpc) is 2.47. The standard InChI is InChI=1S/C17H29N3O/c1-4-11-21-17-12-15(5-6-16(17)18)20-9-7-14(8-10-20)13-19(2)3/h5-6,12,14H,4,7-11,13,18H2,1-3H3. The summed E-state index contributed by atoms with van der Waals surface area (Å²) < 4.78 is 5.73. The van der Waals surface area contributed by atoms with E-state index in [1.54, 1.807) is 0 Å². The van der Waals surface area contributed by atoms with Crippen molar-refractivity contribution in [1.29, 1.82) is 0 Å². The van der Waals surface area contributed by atoms with Gasteiger partial charge >= 0.3 is 0 Å². The van der Waals surface area contributed by atoms with E-state index in [4.69, 9.17) is 10.5 Å². The minimum Gasteiger partial charge on any atom is -0.491 e. The summed E-state index contributed by atoms with van der Waals surface area (Å²) in [5.41, 5.74) is 7.95. The van der Waals surface area contributed by atoms with E-state index < -0.39 is 0 Å². The lowest BCUT2D eigenvalue weighted by atomic mass is 9.96. The predicted molar refractivity (Wildman–Crippen MR) is 90.1 cm³/mol. The van der Waals surface area contributed by atoms with Gasteiger partial charge in [0, 0.05) is 31.4 Å². The SMILES string of the molecule is CCCOc1cc(N2CCC(CN(C)C)CC2)ccc1N. The molecule has 0 bridgehead atoms. The summed E-state index contributed by atoms with van der Waals surface area (Å²) in [6, 6.07) is 6.17. The van der Waals surface area contributed by atoms with Gasteiger partial charge in [0.1, 0.15) is 5.75 Å². The third-order valence-electron chi connectivity index (χ3n) is 4.06. The molecule has 1 fully saturated rings. The molecule has 0 amide bonds. The third-order valence-corrected chi connectivity index (χ3v) is 4.06. The Morgan fingerprint density at radius 3 is 2.62 bits per heavy atom. The van der Waals surface area contributed by atoms with Crippen LogP contribution in [0.4, 0.5) is 11.4 Å². The summed E-state index contributed by atoms with van der Waals surface area (Å²) >= 11 is 0. The lowest BCUT2D eigenvalue weighted by Gasteiger charge is -2.35. The second-order valence-corrected chi connectivity index (χ2v) is 6.26. The summed E-state index contributed by atoms with van der Waals surface area (Å²) in [6.45, 7) is 6.26. The number of rotatable bonds is 6. The van der Waals surface area contributed by atoms with Crippen molar-refractivity contribution >= 4 is 11.4 Å². The summed E-state index contributed by atoms with van der Waals surface area (Å²) in [4.78, 5) is 4.74. The maximum Gasteiger partial charge on any atom is 0.144 e. The number of piperidine rings is 1. The zero-order valence-corrected chi connectivity index (χ0v) is 13.6. The fourth-order valence-corrected chi connectivity index (χ4v) is 2.95. The number of hydrogen-bond donors (Lipinski definition) is 1. The van der Waals surface area contributed by atoms with E-state index in [1.165, 1.54) is 25.1 Å². The van der Waals surface area contributed by atoms with Crippen LogP contribution >= 0.6 is 0 Å². The van der Waals surface area contributed by atoms with Crippen LogP contribution in [0.2, 0.25) is 0 Å². The largest absolute Gasteiger partial charge is 0.491 e. The molecule has 4 heteroatoms. The first-order valence-electron chi connectivity index (χ1n) is 8.02. The van der Waals surface area contributed by atoms with Gasteiger partial charge in [-0.2, -0.15) is 0 Å². The molecule has 0 unspecified atom stereocenters. The van der Waals surface area contributed by atoms with E-state index in [0.717, 1.165) is 43.5 Å². The minimum atomic E-state index is 0.721. The predicted octanol–water partition coefficient (Wildman–Crippen LogP) is 2.84. The Bertz CT molecular complexity index is 440. The lowest BCUT2D eigenvalue weighted by Crippen LogP contribution is -2.37. The van der Waals surface area contributed by atoms with Gasteiger partial charge in [-0.15, -0.1) is 0 Å². The molecule has 1 aromatic rings. The van der Waals surface area contributed by atoms with Crippen LogP contribution in [-0.4, -0.2) is 45.2 Å². The van der Waals surface area contributed by atoms with Gasteiger partial charge in [0.25, 0.3) is 0 Å². The molecule has 4 nitrogen and oxygen atoms in total. The van der Waals surface area contributed by atoms with Gasteiger partial charge in [0.15, 0.2) is 0 Å². The van der Waals surface area contributed by atoms with Crippen molar-refractivity contribution in [2.45, 2.75) is 26.2 Å². The highest BCUT2D eigenvalue weighted by molar-refractivity contribution is 5.62. The summed E-state index contributed by atoms with van der Waals surface area (Å²) in [7, 11) is 4.31. The van der Waals surface area contributed by atoms with Gasteiger partial charge in [-0.3, -0.25) is 0 Å². The molecule has 2 N–H and O–H groups in total. The third kappa shape index (κ3) is 4.53. The molecule has 1 heterocycles. The van der Waals surface area contributed by atoms with Gasteiger partial charge in [0.05, 0.1) is 12.3 Å². The Kier molecular flexibility index (Phi) is 5.74. The summed E-state index contributed by atoms with van der Waals surface area (Å²) in [6.07, 6.45) is 3.51. The van der Waals surface area contributed by atoms with Crippen LogP contribution in [0.15, 0.2) is 18.2 Å². The van der Waals surface area contributed by atoms with Crippen molar-refractivity contribution < 1.29 is 4.74 Å². The van der Waals surface area contributed by atoms with Crippen molar-refractivity contribution in [3.05, 3.63) is 18.2 Å². The molecular weight excluding hydrogens is 262 g/mol. The molecule has 2 rings (SSSR count). The zero-order chi connectivity index (χ0) is 15.2. The van der Waals surface area contributed by atoms with Crippen LogP contribution in [0.5, 0.6) is 5.75 Å². The number of nitrogens with zero attached hydrogens (tertiary/aromatic N) is 2. The molecule has 118 valence electrons. The highest BCUT2D eigenvalue weighted by Gasteiger charge is 2.20. The molecular formula is C17H29N3O. The number of ether oxygens (including phenoxy) is 1. The van der Waals surface area contributed by atoms with Crippen molar-refractivity contribution in [3.63, 3.8) is 0 Å². The molecule has 1 aromatic carbocycles. The van der Waals surface area contributed by atoms with E-state index in [-0.39, 0.29) is 0 Å². The maximum absolute atomic E-state index is 5.99. The Hall–Kier alpha value is -1.42. The smallest absolute Gasteiger partial charge is 0.144 e. The zero-order valence-electron chi connectivity index (χ0n) is 13.6. The topological polar surface area (TPSA) is 41.7 Å². The molecule has 1 saturated heterocycles. The first-order chi connectivity index (χ1) is 10.1. The van der Waals surface area contributed by atoms with Crippen molar-refractivity contribution in [1.82, 2.24) is 4.90 Å². The molecule has 0 saturated carbocycles. The highest BCUT2D eigenvalue weighted by atomic mass is 16.5. The van der Waals surface area contributed by atoms with Gasteiger partial charge in [0.2, 0.25) is 0 Å². The maximum atomic E-state index is 5.99. The van der Waals surface area contributed by atoms with E-state index in [9.17, 15) is 0 Å². The first-order valence-corrected chi connectivity index (χ1v) is 8.02. The molecule has 0 radical (unpaired) electrons. The van der Waals surface area contributed by atoms with Gasteiger partial charge in [-0.25, -0.2) is 0 Å². The molecule has 0 spiro atoms. The number of nitrogen functional groups attached to an aromatic ring is 1. The lowest BCUT2D eigenvalue weighted by molar-refractivity contribution is 0.285. The monoisotopic (exact) mass is 291 g/mol. The van der Waals surface area contributed by atoms with E-state index >= 15 is 0 Å². The fraction of sp³-hybridized carbons (Fsp3) is 0.647. The van der Waals surface area contributed by atoms with Crippen molar-refractivity contribution in [2.24, 2.45) is 5.92 Å². The van der Waals surface area contributed by atoms with Crippen LogP contribution in [0.3, 0.4) is 0 Å². The Morgan fingerprint density at radius 2 is 2.00 bits per heavy atom. The highest BCUT2D eigenvalue weighted by Crippen LogP contribution is 2.30. The molecule has 0 atom stereocenters. The first kappa shape index (κ1) is 16.0. The molecule has 0 aliphatic carbocycles. The van der Waals surface area contributed by atoms with Crippen molar-refractivity contribution in [2.75, 3.05) is 51.0 Å². The Balaban J connectivity index is 1.96. The molecule has 0 aromatic heterocycles. The summed E-state index contributed by atoms with van der Waals surface area (Å²) in [5, 5.41) is 0. The molecule has 1 aliphatic heterocycles. The van der Waals surface area contributed by atoms with Crippen LogP contribution in [0.1, 0.15) is 26.2 Å². The van der Waals surface area contributed by atoms with E-state index in [0.29, 0.717) is 0 Å². The number of anilines is 2. The number of nitrogens with two attached hydrogens (primary N) is 1. The normalized spacial score (nSPS) is 16.5. The van der Waals surface area contributed by atoms with Crippen LogP contribution in [-0.2, 0) is 0 Å². The quantitative estimate of drug-likeness (QED) is 0.818. The van der Waals surface area contributed by atoms with E-state index in [1.807, 2.05) is 6.07 Å². The number of hydrogen-bond acceptors (Lipinski definition) is 4.